The molecule has 1 aliphatic heterocycles. The fourth-order valence-electron chi connectivity index (χ4n) is 3.03. The molecule has 1 aromatic carbocycles. The Balaban J connectivity index is 1.76. The quantitative estimate of drug-likeness (QED) is 0.895. The molecule has 7 nitrogen and oxygen atoms in total. The summed E-state index contributed by atoms with van der Waals surface area (Å²) in [5, 5.41) is 6.95. The Bertz CT molecular complexity index is 721. The number of likely N-dealkylation sites (tertiary alicyclic amines) is 1. The van der Waals surface area contributed by atoms with Gasteiger partial charge in [0.05, 0.1) is 26.0 Å². The second kappa shape index (κ2) is 7.46. The van der Waals surface area contributed by atoms with E-state index < -0.39 is 0 Å². The monoisotopic (exact) mass is 345 g/mol. The van der Waals surface area contributed by atoms with E-state index in [0.29, 0.717) is 23.7 Å². The molecule has 7 heteroatoms. The number of hydrogen-bond acceptors (Lipinski definition) is 5. The molecule has 1 aliphatic rings. The van der Waals surface area contributed by atoms with Gasteiger partial charge in [0.1, 0.15) is 11.5 Å². The zero-order valence-electron chi connectivity index (χ0n) is 14.7. The number of rotatable bonds is 5. The molecule has 134 valence electrons. The molecule has 1 saturated heterocycles. The number of aryl methyl sites for hydroxylation is 1. The average Bonchev–Trinajstić information content (AvgIpc) is 3.29. The molecule has 1 N–H and O–H groups in total. The van der Waals surface area contributed by atoms with E-state index in [4.69, 9.17) is 14.0 Å². The summed E-state index contributed by atoms with van der Waals surface area (Å²) in [6, 6.07) is 6.96. The van der Waals surface area contributed by atoms with Crippen LogP contribution < -0.4 is 14.8 Å². The van der Waals surface area contributed by atoms with E-state index in [2.05, 4.69) is 10.5 Å². The van der Waals surface area contributed by atoms with Gasteiger partial charge in [0.2, 0.25) is 0 Å². The highest BCUT2D eigenvalue weighted by Gasteiger charge is 2.33. The van der Waals surface area contributed by atoms with Crippen LogP contribution in [0.4, 0.5) is 10.5 Å². The van der Waals surface area contributed by atoms with Crippen molar-refractivity contribution in [1.82, 2.24) is 10.1 Å². The highest BCUT2D eigenvalue weighted by molar-refractivity contribution is 5.90. The second-order valence-corrected chi connectivity index (χ2v) is 5.96. The van der Waals surface area contributed by atoms with E-state index in [1.54, 1.807) is 37.3 Å². The van der Waals surface area contributed by atoms with Crippen LogP contribution in [0.1, 0.15) is 37.3 Å². The fraction of sp³-hybridized carbons (Fsp3) is 0.444. The summed E-state index contributed by atoms with van der Waals surface area (Å²) < 4.78 is 15.9. The maximum Gasteiger partial charge on any atom is 0.322 e. The van der Waals surface area contributed by atoms with Crippen molar-refractivity contribution >= 4 is 11.7 Å². The maximum absolute atomic E-state index is 12.7. The summed E-state index contributed by atoms with van der Waals surface area (Å²) in [6.07, 6.45) is 2.61. The van der Waals surface area contributed by atoms with E-state index >= 15 is 0 Å². The molecular formula is C18H23N3O4. The Morgan fingerprint density at radius 2 is 2.00 bits per heavy atom. The Morgan fingerprint density at radius 1 is 1.28 bits per heavy atom. The highest BCUT2D eigenvalue weighted by atomic mass is 16.5. The predicted molar refractivity (Wildman–Crippen MR) is 93.1 cm³/mol. The molecule has 2 heterocycles. The van der Waals surface area contributed by atoms with Crippen LogP contribution in [0.25, 0.3) is 0 Å². The third-order valence-corrected chi connectivity index (χ3v) is 4.38. The summed E-state index contributed by atoms with van der Waals surface area (Å²) in [7, 11) is 3.15. The zero-order valence-corrected chi connectivity index (χ0v) is 14.7. The molecule has 0 unspecified atom stereocenters. The molecule has 2 aromatic rings. The third-order valence-electron chi connectivity index (χ3n) is 4.38. The van der Waals surface area contributed by atoms with E-state index in [9.17, 15) is 4.79 Å². The number of hydrogen-bond donors (Lipinski definition) is 1. The molecule has 1 aromatic heterocycles. The van der Waals surface area contributed by atoms with Gasteiger partial charge in [0, 0.05) is 36.5 Å². The number of methoxy groups -OCH3 is 2. The Kier molecular flexibility index (Phi) is 5.11. The van der Waals surface area contributed by atoms with Crippen molar-refractivity contribution in [2.24, 2.45) is 0 Å². The molecule has 0 bridgehead atoms. The Morgan fingerprint density at radius 3 is 2.60 bits per heavy atom. The molecule has 3 rings (SSSR count). The summed E-state index contributed by atoms with van der Waals surface area (Å²) >= 11 is 0. The van der Waals surface area contributed by atoms with Gasteiger partial charge in [-0.1, -0.05) is 12.1 Å². The van der Waals surface area contributed by atoms with E-state index in [1.165, 1.54) is 0 Å². The van der Waals surface area contributed by atoms with Crippen LogP contribution in [0.5, 0.6) is 11.5 Å². The van der Waals surface area contributed by atoms with Crippen molar-refractivity contribution in [2.45, 2.75) is 32.2 Å². The summed E-state index contributed by atoms with van der Waals surface area (Å²) in [6.45, 7) is 2.71. The van der Waals surface area contributed by atoms with Crippen LogP contribution in [0, 0.1) is 0 Å². The van der Waals surface area contributed by atoms with Crippen molar-refractivity contribution < 1.29 is 18.8 Å². The number of benzene rings is 1. The van der Waals surface area contributed by atoms with Gasteiger partial charge in [-0.2, -0.15) is 0 Å². The van der Waals surface area contributed by atoms with Gasteiger partial charge in [-0.15, -0.1) is 0 Å². The number of amides is 2. The van der Waals surface area contributed by atoms with E-state index in [0.717, 1.165) is 30.7 Å². The van der Waals surface area contributed by atoms with Gasteiger partial charge in [-0.25, -0.2) is 4.79 Å². The first kappa shape index (κ1) is 17.1. The second-order valence-electron chi connectivity index (χ2n) is 5.96. The van der Waals surface area contributed by atoms with Gasteiger partial charge in [0.15, 0.2) is 5.76 Å². The largest absolute Gasteiger partial charge is 0.497 e. The standard InChI is InChI=1S/C18H23N3O4/c1-4-12-10-17(25-20-12)16-6-5-7-21(16)18(22)19-13-8-14(23-2)11-15(9-13)24-3/h8-11,16H,4-7H2,1-3H3,(H,19,22)/t16-/m1/s1. The first-order valence-corrected chi connectivity index (χ1v) is 8.40. The molecule has 1 atom stereocenters. The molecule has 2 amide bonds. The van der Waals surface area contributed by atoms with Crippen molar-refractivity contribution in [3.8, 4) is 11.5 Å². The number of ether oxygens (including phenoxy) is 2. The SMILES string of the molecule is CCc1cc([C@H]2CCCN2C(=O)Nc2cc(OC)cc(OC)c2)on1. The topological polar surface area (TPSA) is 76.8 Å². The summed E-state index contributed by atoms with van der Waals surface area (Å²) in [4.78, 5) is 14.5. The molecule has 25 heavy (non-hydrogen) atoms. The van der Waals surface area contributed by atoms with Crippen molar-refractivity contribution in [2.75, 3.05) is 26.1 Å². The van der Waals surface area contributed by atoms with Gasteiger partial charge < -0.3 is 24.2 Å². The van der Waals surface area contributed by atoms with Crippen LogP contribution >= 0.6 is 0 Å². The van der Waals surface area contributed by atoms with Gasteiger partial charge >= 0.3 is 6.03 Å². The minimum atomic E-state index is -0.174. The molecular weight excluding hydrogens is 322 g/mol. The van der Waals surface area contributed by atoms with Crippen LogP contribution in [0.15, 0.2) is 28.8 Å². The fourth-order valence-corrected chi connectivity index (χ4v) is 3.03. The molecule has 0 spiro atoms. The first-order chi connectivity index (χ1) is 12.1. The number of anilines is 1. The van der Waals surface area contributed by atoms with Gasteiger partial charge in [-0.05, 0) is 19.3 Å². The lowest BCUT2D eigenvalue weighted by atomic mass is 10.1. The smallest absolute Gasteiger partial charge is 0.322 e. The number of nitrogens with zero attached hydrogens (tertiary/aromatic N) is 2. The molecule has 0 saturated carbocycles. The molecule has 0 radical (unpaired) electrons. The van der Waals surface area contributed by atoms with Gasteiger partial charge in [0.25, 0.3) is 0 Å². The van der Waals surface area contributed by atoms with Crippen LogP contribution in [-0.4, -0.2) is 36.9 Å². The van der Waals surface area contributed by atoms with Crippen LogP contribution in [0.3, 0.4) is 0 Å². The number of urea groups is 1. The normalized spacial score (nSPS) is 16.8. The zero-order chi connectivity index (χ0) is 17.8. The molecule has 1 fully saturated rings. The number of nitrogens with one attached hydrogen (secondary N) is 1. The number of carbonyl (C=O) groups excluding carboxylic acids is 1. The lowest BCUT2D eigenvalue weighted by Gasteiger charge is -2.23. The summed E-state index contributed by atoms with van der Waals surface area (Å²) in [5.74, 6) is 1.98. The Labute approximate surface area is 146 Å². The van der Waals surface area contributed by atoms with Crippen molar-refractivity contribution in [3.63, 3.8) is 0 Å². The van der Waals surface area contributed by atoms with E-state index in [1.807, 2.05) is 13.0 Å². The maximum atomic E-state index is 12.7. The minimum absolute atomic E-state index is 0.0831. The lowest BCUT2D eigenvalue weighted by molar-refractivity contribution is 0.195. The summed E-state index contributed by atoms with van der Waals surface area (Å²) in [5.41, 5.74) is 1.53. The van der Waals surface area contributed by atoms with Crippen molar-refractivity contribution in [1.29, 1.82) is 0 Å². The molecule has 0 aliphatic carbocycles. The van der Waals surface area contributed by atoms with Crippen LogP contribution in [0.2, 0.25) is 0 Å². The Hall–Kier alpha value is -2.70. The first-order valence-electron chi connectivity index (χ1n) is 8.40. The third kappa shape index (κ3) is 3.70. The van der Waals surface area contributed by atoms with Crippen LogP contribution in [-0.2, 0) is 6.42 Å². The predicted octanol–water partition coefficient (Wildman–Crippen LogP) is 3.62. The highest BCUT2D eigenvalue weighted by Crippen LogP contribution is 2.33. The van der Waals surface area contributed by atoms with Crippen molar-refractivity contribution in [3.05, 3.63) is 35.7 Å². The van der Waals surface area contributed by atoms with E-state index in [-0.39, 0.29) is 12.1 Å². The average molecular weight is 345 g/mol. The number of aromatic nitrogens is 1. The lowest BCUT2D eigenvalue weighted by Crippen LogP contribution is -2.34. The minimum Gasteiger partial charge on any atom is -0.497 e. The van der Waals surface area contributed by atoms with Gasteiger partial charge in [-0.3, -0.25) is 0 Å². The number of carbonyl (C=O) groups is 1.